The third kappa shape index (κ3) is 3.78. The Kier molecular flexibility index (Phi) is 5.41. The van der Waals surface area contributed by atoms with Crippen LogP contribution < -0.4 is 0 Å². The van der Waals surface area contributed by atoms with Crippen LogP contribution in [-0.4, -0.2) is 10.9 Å². The molecule has 0 aromatic heterocycles. The van der Waals surface area contributed by atoms with Crippen LogP contribution in [0, 0.1) is 0 Å². The Labute approximate surface area is 151 Å². The molecule has 0 saturated heterocycles. The molecule has 2 heteroatoms. The Hall–Kier alpha value is -2.09. The van der Waals surface area contributed by atoms with E-state index in [4.69, 9.17) is 0 Å². The van der Waals surface area contributed by atoms with Gasteiger partial charge in [-0.05, 0) is 35.8 Å². The van der Waals surface area contributed by atoms with Crippen molar-refractivity contribution in [1.82, 2.24) is 0 Å². The lowest BCUT2D eigenvalue weighted by Crippen LogP contribution is -2.22. The van der Waals surface area contributed by atoms with Crippen LogP contribution in [0.1, 0.15) is 81.4 Å². The average molecular weight is 338 g/mol. The van der Waals surface area contributed by atoms with Gasteiger partial charge < -0.3 is 5.11 Å². The molecule has 25 heavy (non-hydrogen) atoms. The van der Waals surface area contributed by atoms with E-state index in [9.17, 15) is 9.90 Å². The van der Waals surface area contributed by atoms with Gasteiger partial charge in [-0.2, -0.15) is 0 Å². The maximum Gasteiger partial charge on any atom is 0.193 e. The van der Waals surface area contributed by atoms with Gasteiger partial charge in [-0.25, -0.2) is 0 Å². The summed E-state index contributed by atoms with van der Waals surface area (Å²) in [6.45, 7) is 12.7. The second-order valence-corrected chi connectivity index (χ2v) is 8.09. The number of carbonyl (C=O) groups is 1. The molecular weight excluding hydrogens is 308 g/mol. The molecule has 2 rings (SSSR count). The van der Waals surface area contributed by atoms with Crippen LogP contribution in [0.25, 0.3) is 0 Å². The Balaban J connectivity index is 2.71. The number of rotatable bonds is 6. The smallest absolute Gasteiger partial charge is 0.193 e. The molecule has 0 unspecified atom stereocenters. The van der Waals surface area contributed by atoms with Gasteiger partial charge >= 0.3 is 0 Å². The predicted molar refractivity (Wildman–Crippen MR) is 105 cm³/mol. The monoisotopic (exact) mass is 338 g/mol. The van der Waals surface area contributed by atoms with Crippen molar-refractivity contribution in [1.29, 1.82) is 0 Å². The summed E-state index contributed by atoms with van der Waals surface area (Å²) >= 11 is 0. The number of aromatic hydroxyl groups is 1. The molecule has 0 amide bonds. The van der Waals surface area contributed by atoms with E-state index in [1.807, 2.05) is 42.5 Å². The molecular formula is C23H30O2. The lowest BCUT2D eigenvalue weighted by atomic mass is 9.74. The highest BCUT2D eigenvalue weighted by Crippen LogP contribution is 2.42. The highest BCUT2D eigenvalue weighted by atomic mass is 16.3. The summed E-state index contributed by atoms with van der Waals surface area (Å²) in [5.74, 6) is 0.338. The first kappa shape index (κ1) is 19.2. The third-order valence-electron chi connectivity index (χ3n) is 5.63. The normalized spacial score (nSPS) is 12.2. The van der Waals surface area contributed by atoms with Crippen LogP contribution in [0.4, 0.5) is 0 Å². The van der Waals surface area contributed by atoms with E-state index in [1.54, 1.807) is 0 Å². The van der Waals surface area contributed by atoms with Gasteiger partial charge in [0, 0.05) is 22.3 Å². The molecule has 0 fully saturated rings. The molecule has 0 spiro atoms. The summed E-state index contributed by atoms with van der Waals surface area (Å²) in [4.78, 5) is 13.0. The molecule has 2 aromatic rings. The number of ketones is 1. The number of phenols is 1. The third-order valence-corrected chi connectivity index (χ3v) is 5.63. The Morgan fingerprint density at radius 2 is 1.28 bits per heavy atom. The van der Waals surface area contributed by atoms with Gasteiger partial charge in [0.2, 0.25) is 0 Å². The van der Waals surface area contributed by atoms with Gasteiger partial charge in [0.25, 0.3) is 0 Å². The number of hydrogen-bond acceptors (Lipinski definition) is 2. The van der Waals surface area contributed by atoms with E-state index < -0.39 is 0 Å². The fraction of sp³-hybridized carbons (Fsp3) is 0.435. The average Bonchev–Trinajstić information content (AvgIpc) is 2.61. The summed E-state index contributed by atoms with van der Waals surface area (Å²) < 4.78 is 0. The van der Waals surface area contributed by atoms with E-state index in [2.05, 4.69) is 41.5 Å². The first-order valence-corrected chi connectivity index (χ1v) is 9.11. The van der Waals surface area contributed by atoms with E-state index in [1.165, 1.54) is 0 Å². The molecule has 0 aliphatic carbocycles. The Morgan fingerprint density at radius 1 is 0.840 bits per heavy atom. The van der Waals surface area contributed by atoms with Crippen molar-refractivity contribution in [2.75, 3.05) is 0 Å². The van der Waals surface area contributed by atoms with Crippen molar-refractivity contribution in [3.8, 4) is 5.75 Å². The minimum atomic E-state index is -0.199. The van der Waals surface area contributed by atoms with Crippen LogP contribution in [0.2, 0.25) is 0 Å². The van der Waals surface area contributed by atoms with Gasteiger partial charge in [-0.3, -0.25) is 4.79 Å². The number of phenolic OH excluding ortho intramolecular Hbond substituents is 1. The lowest BCUT2D eigenvalue weighted by molar-refractivity contribution is 0.103. The highest BCUT2D eigenvalue weighted by molar-refractivity contribution is 6.09. The lowest BCUT2D eigenvalue weighted by Gasteiger charge is -2.31. The SMILES string of the molecule is CCC(C)(C)c1cc(C(=O)c2ccccc2)cc(C(C)(C)CC)c1O. The van der Waals surface area contributed by atoms with E-state index >= 15 is 0 Å². The number of carbonyl (C=O) groups excluding carboxylic acids is 1. The summed E-state index contributed by atoms with van der Waals surface area (Å²) in [6.07, 6.45) is 1.77. The number of hydrogen-bond donors (Lipinski definition) is 1. The molecule has 0 saturated carbocycles. The molecule has 1 N–H and O–H groups in total. The number of benzene rings is 2. The van der Waals surface area contributed by atoms with Gasteiger partial charge in [0.05, 0.1) is 0 Å². The molecule has 0 atom stereocenters. The molecule has 0 radical (unpaired) electrons. The highest BCUT2D eigenvalue weighted by Gasteiger charge is 2.30. The van der Waals surface area contributed by atoms with Crippen molar-refractivity contribution >= 4 is 5.78 Å². The summed E-state index contributed by atoms with van der Waals surface area (Å²) in [6, 6.07) is 13.1. The van der Waals surface area contributed by atoms with Crippen molar-refractivity contribution in [3.63, 3.8) is 0 Å². The zero-order valence-corrected chi connectivity index (χ0v) is 16.3. The molecule has 2 nitrogen and oxygen atoms in total. The van der Waals surface area contributed by atoms with Gasteiger partial charge in [0.15, 0.2) is 5.78 Å². The Morgan fingerprint density at radius 3 is 1.68 bits per heavy atom. The molecule has 2 aromatic carbocycles. The molecule has 134 valence electrons. The predicted octanol–water partition coefficient (Wildman–Crippen LogP) is 6.00. The van der Waals surface area contributed by atoms with Crippen LogP contribution in [0.15, 0.2) is 42.5 Å². The van der Waals surface area contributed by atoms with Gasteiger partial charge in [-0.15, -0.1) is 0 Å². The van der Waals surface area contributed by atoms with Crippen molar-refractivity contribution < 1.29 is 9.90 Å². The molecule has 0 bridgehead atoms. The Bertz CT molecular complexity index is 718. The van der Waals surface area contributed by atoms with Crippen LogP contribution >= 0.6 is 0 Å². The van der Waals surface area contributed by atoms with Crippen molar-refractivity contribution in [2.24, 2.45) is 0 Å². The first-order chi connectivity index (χ1) is 11.6. The zero-order valence-electron chi connectivity index (χ0n) is 16.3. The summed E-state index contributed by atoms with van der Waals surface area (Å²) in [5, 5.41) is 11.0. The minimum absolute atomic E-state index is 0.00176. The van der Waals surface area contributed by atoms with Gasteiger partial charge in [-0.1, -0.05) is 71.9 Å². The molecule has 0 aliphatic heterocycles. The van der Waals surface area contributed by atoms with E-state index in [0.29, 0.717) is 16.9 Å². The summed E-state index contributed by atoms with van der Waals surface area (Å²) in [5.41, 5.74) is 2.64. The van der Waals surface area contributed by atoms with Crippen LogP contribution in [0.3, 0.4) is 0 Å². The van der Waals surface area contributed by atoms with Crippen LogP contribution in [-0.2, 0) is 10.8 Å². The second kappa shape index (κ2) is 7.03. The van der Waals surface area contributed by atoms with Crippen molar-refractivity contribution in [3.05, 3.63) is 64.7 Å². The standard InChI is InChI=1S/C23H30O2/c1-7-22(3,4)18-14-17(20(24)16-12-10-9-11-13-16)15-19(21(18)25)23(5,6)8-2/h9-15,25H,7-8H2,1-6H3. The quantitative estimate of drug-likeness (QED) is 0.656. The van der Waals surface area contributed by atoms with Crippen LogP contribution in [0.5, 0.6) is 5.75 Å². The minimum Gasteiger partial charge on any atom is -0.507 e. The largest absolute Gasteiger partial charge is 0.507 e. The molecule has 0 heterocycles. The van der Waals surface area contributed by atoms with E-state index in [-0.39, 0.29) is 16.6 Å². The maximum atomic E-state index is 13.0. The summed E-state index contributed by atoms with van der Waals surface area (Å²) in [7, 11) is 0. The van der Waals surface area contributed by atoms with Gasteiger partial charge in [0.1, 0.15) is 5.75 Å². The zero-order chi connectivity index (χ0) is 18.8. The topological polar surface area (TPSA) is 37.3 Å². The molecule has 0 aliphatic rings. The van der Waals surface area contributed by atoms with E-state index in [0.717, 1.165) is 24.0 Å². The fourth-order valence-electron chi connectivity index (χ4n) is 2.93. The first-order valence-electron chi connectivity index (χ1n) is 9.11. The van der Waals surface area contributed by atoms with Crippen molar-refractivity contribution in [2.45, 2.75) is 65.2 Å². The second-order valence-electron chi connectivity index (χ2n) is 8.09. The maximum absolute atomic E-state index is 13.0. The fourth-order valence-corrected chi connectivity index (χ4v) is 2.93.